The number of rotatable bonds is 6. The fourth-order valence-electron chi connectivity index (χ4n) is 2.06. The standard InChI is InChI=1S/C18H19FN2O3S/c1-13(2)21-25(23,24)16-10-8-15(9-11-16)20-18(22)12-7-14-5-3-4-6-17(14)19/h3-13,21H,1-2H3,(H,20,22)/b12-7+. The lowest BCUT2D eigenvalue weighted by Gasteiger charge is -2.10. The zero-order chi connectivity index (χ0) is 18.4. The van der Waals surface area contributed by atoms with E-state index in [1.807, 2.05) is 0 Å². The Bertz CT molecular complexity index is 875. The molecule has 0 bridgehead atoms. The van der Waals surface area contributed by atoms with Gasteiger partial charge in [-0.25, -0.2) is 17.5 Å². The predicted molar refractivity (Wildman–Crippen MR) is 96.0 cm³/mol. The monoisotopic (exact) mass is 362 g/mol. The van der Waals surface area contributed by atoms with E-state index in [0.717, 1.165) is 0 Å². The largest absolute Gasteiger partial charge is 0.323 e. The number of benzene rings is 2. The average Bonchev–Trinajstić information content (AvgIpc) is 2.53. The van der Waals surface area contributed by atoms with Crippen molar-refractivity contribution in [3.05, 3.63) is 66.0 Å². The molecule has 25 heavy (non-hydrogen) atoms. The van der Waals surface area contributed by atoms with Crippen molar-refractivity contribution in [1.29, 1.82) is 0 Å². The predicted octanol–water partition coefficient (Wildman–Crippen LogP) is 3.16. The van der Waals surface area contributed by atoms with E-state index in [-0.39, 0.29) is 10.9 Å². The van der Waals surface area contributed by atoms with E-state index < -0.39 is 21.7 Å². The molecular weight excluding hydrogens is 343 g/mol. The quantitative estimate of drug-likeness (QED) is 0.775. The molecule has 132 valence electrons. The second-order valence-corrected chi connectivity index (χ2v) is 7.36. The first-order valence-corrected chi connectivity index (χ1v) is 9.12. The summed E-state index contributed by atoms with van der Waals surface area (Å²) in [7, 11) is -3.57. The number of amides is 1. The van der Waals surface area contributed by atoms with Crippen LogP contribution in [0.1, 0.15) is 19.4 Å². The van der Waals surface area contributed by atoms with E-state index in [1.165, 1.54) is 42.5 Å². The highest BCUT2D eigenvalue weighted by Gasteiger charge is 2.14. The van der Waals surface area contributed by atoms with Crippen LogP contribution in [0.5, 0.6) is 0 Å². The highest BCUT2D eigenvalue weighted by atomic mass is 32.2. The molecule has 0 saturated carbocycles. The molecule has 2 rings (SSSR count). The highest BCUT2D eigenvalue weighted by molar-refractivity contribution is 7.89. The summed E-state index contributed by atoms with van der Waals surface area (Å²) in [4.78, 5) is 12.0. The maximum absolute atomic E-state index is 13.5. The molecule has 0 heterocycles. The second kappa shape index (κ2) is 8.04. The van der Waals surface area contributed by atoms with Crippen molar-refractivity contribution in [2.45, 2.75) is 24.8 Å². The van der Waals surface area contributed by atoms with Crippen LogP contribution in [0.3, 0.4) is 0 Å². The van der Waals surface area contributed by atoms with E-state index in [4.69, 9.17) is 0 Å². The summed E-state index contributed by atoms with van der Waals surface area (Å²) >= 11 is 0. The Morgan fingerprint density at radius 1 is 1.08 bits per heavy atom. The Morgan fingerprint density at radius 3 is 2.32 bits per heavy atom. The third kappa shape index (κ3) is 5.51. The van der Waals surface area contributed by atoms with Crippen LogP contribution in [0.25, 0.3) is 6.08 Å². The van der Waals surface area contributed by atoms with Crippen LogP contribution in [-0.2, 0) is 14.8 Å². The molecule has 5 nitrogen and oxygen atoms in total. The van der Waals surface area contributed by atoms with E-state index in [9.17, 15) is 17.6 Å². The molecule has 0 aliphatic carbocycles. The van der Waals surface area contributed by atoms with Crippen molar-refractivity contribution in [1.82, 2.24) is 4.72 Å². The Labute approximate surface area is 146 Å². The lowest BCUT2D eigenvalue weighted by molar-refractivity contribution is -0.111. The SMILES string of the molecule is CC(C)NS(=O)(=O)c1ccc(NC(=O)/C=C/c2ccccc2F)cc1. The highest BCUT2D eigenvalue weighted by Crippen LogP contribution is 2.15. The summed E-state index contributed by atoms with van der Waals surface area (Å²) in [6, 6.07) is 11.7. The minimum atomic E-state index is -3.57. The number of halogens is 1. The summed E-state index contributed by atoms with van der Waals surface area (Å²) in [5.41, 5.74) is 0.741. The molecule has 2 N–H and O–H groups in total. The van der Waals surface area contributed by atoms with Crippen molar-refractivity contribution >= 4 is 27.7 Å². The number of nitrogens with one attached hydrogen (secondary N) is 2. The first-order chi connectivity index (χ1) is 11.8. The molecule has 0 spiro atoms. The second-order valence-electron chi connectivity index (χ2n) is 5.64. The van der Waals surface area contributed by atoms with Gasteiger partial charge in [0.15, 0.2) is 0 Å². The van der Waals surface area contributed by atoms with Crippen LogP contribution in [-0.4, -0.2) is 20.4 Å². The lowest BCUT2D eigenvalue weighted by Crippen LogP contribution is -2.30. The molecule has 1 amide bonds. The van der Waals surface area contributed by atoms with Crippen LogP contribution >= 0.6 is 0 Å². The number of carbonyl (C=O) groups is 1. The Morgan fingerprint density at radius 2 is 1.72 bits per heavy atom. The fraction of sp³-hybridized carbons (Fsp3) is 0.167. The van der Waals surface area contributed by atoms with Crippen molar-refractivity contribution in [2.24, 2.45) is 0 Å². The van der Waals surface area contributed by atoms with Gasteiger partial charge in [0.05, 0.1) is 4.90 Å². The Hall–Kier alpha value is -2.51. The average molecular weight is 362 g/mol. The van der Waals surface area contributed by atoms with Crippen molar-refractivity contribution in [3.63, 3.8) is 0 Å². The summed E-state index contributed by atoms with van der Waals surface area (Å²) in [5.74, 6) is -0.863. The first-order valence-electron chi connectivity index (χ1n) is 7.64. The van der Waals surface area contributed by atoms with Crippen LogP contribution in [0.2, 0.25) is 0 Å². The van der Waals surface area contributed by atoms with Gasteiger partial charge in [0.2, 0.25) is 15.9 Å². The summed E-state index contributed by atoms with van der Waals surface area (Å²) in [6.07, 6.45) is 2.58. The molecule has 0 aliphatic rings. The van der Waals surface area contributed by atoms with Gasteiger partial charge in [-0.2, -0.15) is 0 Å². The minimum absolute atomic E-state index is 0.112. The van der Waals surface area contributed by atoms with Gasteiger partial charge in [0.1, 0.15) is 5.82 Å². The van der Waals surface area contributed by atoms with Gasteiger partial charge < -0.3 is 5.32 Å². The third-order valence-corrected chi connectivity index (χ3v) is 4.82. The molecule has 0 saturated heterocycles. The summed E-state index contributed by atoms with van der Waals surface area (Å²) < 4.78 is 40.0. The number of carbonyl (C=O) groups excluding carboxylic acids is 1. The number of sulfonamides is 1. The molecule has 0 atom stereocenters. The Kier molecular flexibility index (Phi) is 6.06. The number of hydrogen-bond acceptors (Lipinski definition) is 3. The van der Waals surface area contributed by atoms with Crippen LogP contribution in [0, 0.1) is 5.82 Å². The van der Waals surface area contributed by atoms with E-state index >= 15 is 0 Å². The van der Waals surface area contributed by atoms with Crippen LogP contribution < -0.4 is 10.0 Å². The fourth-order valence-corrected chi connectivity index (χ4v) is 3.31. The van der Waals surface area contributed by atoms with E-state index in [2.05, 4.69) is 10.0 Å². The third-order valence-electron chi connectivity index (χ3n) is 3.14. The smallest absolute Gasteiger partial charge is 0.248 e. The summed E-state index contributed by atoms with van der Waals surface area (Å²) in [6.45, 7) is 3.46. The molecular formula is C18H19FN2O3S. The van der Waals surface area contributed by atoms with Gasteiger partial charge in [-0.15, -0.1) is 0 Å². The lowest BCUT2D eigenvalue weighted by atomic mass is 10.2. The van der Waals surface area contributed by atoms with E-state index in [0.29, 0.717) is 11.3 Å². The molecule has 2 aromatic carbocycles. The molecule has 0 aliphatic heterocycles. The van der Waals surface area contributed by atoms with Crippen LogP contribution in [0.15, 0.2) is 59.5 Å². The molecule has 0 fully saturated rings. The van der Waals surface area contributed by atoms with Gasteiger partial charge in [0.25, 0.3) is 0 Å². The molecule has 0 unspecified atom stereocenters. The van der Waals surface area contributed by atoms with Gasteiger partial charge in [-0.3, -0.25) is 4.79 Å². The van der Waals surface area contributed by atoms with Crippen molar-refractivity contribution < 1.29 is 17.6 Å². The molecule has 7 heteroatoms. The van der Waals surface area contributed by atoms with Gasteiger partial charge in [-0.05, 0) is 50.3 Å². The topological polar surface area (TPSA) is 75.3 Å². The van der Waals surface area contributed by atoms with E-state index in [1.54, 1.807) is 32.0 Å². The first kappa shape index (κ1) is 18.8. The van der Waals surface area contributed by atoms with Gasteiger partial charge in [0, 0.05) is 23.4 Å². The molecule has 0 radical (unpaired) electrons. The van der Waals surface area contributed by atoms with Crippen molar-refractivity contribution in [2.75, 3.05) is 5.32 Å². The zero-order valence-electron chi connectivity index (χ0n) is 13.9. The maximum Gasteiger partial charge on any atom is 0.248 e. The molecule has 0 aromatic heterocycles. The Balaban J connectivity index is 2.04. The van der Waals surface area contributed by atoms with Gasteiger partial charge >= 0.3 is 0 Å². The summed E-state index contributed by atoms with van der Waals surface area (Å²) in [5, 5.41) is 2.59. The normalized spacial score (nSPS) is 11.8. The number of anilines is 1. The van der Waals surface area contributed by atoms with Gasteiger partial charge in [-0.1, -0.05) is 18.2 Å². The van der Waals surface area contributed by atoms with Crippen molar-refractivity contribution in [3.8, 4) is 0 Å². The maximum atomic E-state index is 13.5. The number of hydrogen-bond donors (Lipinski definition) is 2. The minimum Gasteiger partial charge on any atom is -0.323 e. The van der Waals surface area contributed by atoms with Crippen LogP contribution in [0.4, 0.5) is 10.1 Å². The zero-order valence-corrected chi connectivity index (χ0v) is 14.7. The molecule has 2 aromatic rings.